The van der Waals surface area contributed by atoms with E-state index in [4.69, 9.17) is 0 Å². The average Bonchev–Trinajstić information content (AvgIpc) is 3.13. The lowest BCUT2D eigenvalue weighted by atomic mass is 9.82. The third-order valence-corrected chi connectivity index (χ3v) is 9.97. The molecule has 0 aliphatic carbocycles. The molecular formula is C46H28. The van der Waals surface area contributed by atoms with Crippen molar-refractivity contribution in [1.82, 2.24) is 0 Å². The first kappa shape index (κ1) is 25.4. The molecule has 0 radical (unpaired) electrons. The Labute approximate surface area is 267 Å². The highest BCUT2D eigenvalue weighted by Crippen LogP contribution is 2.49. The third kappa shape index (κ3) is 3.62. The molecule has 46 heavy (non-hydrogen) atoms. The summed E-state index contributed by atoms with van der Waals surface area (Å²) < 4.78 is 0. The van der Waals surface area contributed by atoms with E-state index in [0.717, 1.165) is 0 Å². The van der Waals surface area contributed by atoms with E-state index in [1.807, 2.05) is 0 Å². The molecule has 0 N–H and O–H groups in total. The molecule has 0 unspecified atom stereocenters. The van der Waals surface area contributed by atoms with Gasteiger partial charge in [-0.3, -0.25) is 0 Å². The summed E-state index contributed by atoms with van der Waals surface area (Å²) in [7, 11) is 0. The average molecular weight is 581 g/mol. The molecule has 0 aliphatic heterocycles. The van der Waals surface area contributed by atoms with Crippen LogP contribution in [0, 0.1) is 0 Å². The first-order valence-corrected chi connectivity index (χ1v) is 16.0. The van der Waals surface area contributed by atoms with Gasteiger partial charge in [0.25, 0.3) is 0 Å². The SMILES string of the molecule is c1ccc(-c2ccc3cc(-c4c5ccccc5c5c6ccc(-c7ccccc7)c7cccc(c8cccc4c85)c76)ccc3c2)cc1. The van der Waals surface area contributed by atoms with E-state index in [9.17, 15) is 0 Å². The fraction of sp³-hybridized carbons (Fsp3) is 0. The van der Waals surface area contributed by atoms with Crippen molar-refractivity contribution in [2.24, 2.45) is 0 Å². The van der Waals surface area contributed by atoms with E-state index in [0.29, 0.717) is 0 Å². The molecule has 0 aromatic heterocycles. The van der Waals surface area contributed by atoms with Crippen LogP contribution in [0.2, 0.25) is 0 Å². The van der Waals surface area contributed by atoms with Gasteiger partial charge in [0.05, 0.1) is 0 Å². The van der Waals surface area contributed by atoms with Crippen LogP contribution in [0.5, 0.6) is 0 Å². The maximum Gasteiger partial charge on any atom is -0.00137 e. The Hall–Kier alpha value is -5.98. The van der Waals surface area contributed by atoms with Crippen LogP contribution in [0.3, 0.4) is 0 Å². The molecule has 0 nitrogen and oxygen atoms in total. The lowest BCUT2D eigenvalue weighted by molar-refractivity contribution is 1.64. The predicted octanol–water partition coefficient (Wildman–Crippen LogP) is 13.0. The topological polar surface area (TPSA) is 0 Å². The first-order chi connectivity index (χ1) is 22.8. The van der Waals surface area contributed by atoms with Crippen LogP contribution in [0.4, 0.5) is 0 Å². The van der Waals surface area contributed by atoms with E-state index < -0.39 is 0 Å². The minimum Gasteiger partial charge on any atom is -0.0622 e. The van der Waals surface area contributed by atoms with Crippen molar-refractivity contribution in [2.45, 2.75) is 0 Å². The Morgan fingerprint density at radius 1 is 0.239 bits per heavy atom. The van der Waals surface area contributed by atoms with Crippen LogP contribution < -0.4 is 0 Å². The molecule has 0 atom stereocenters. The molecule has 0 heteroatoms. The highest BCUT2D eigenvalue weighted by Gasteiger charge is 2.20. The Morgan fingerprint density at radius 3 is 1.52 bits per heavy atom. The molecule has 0 spiro atoms. The van der Waals surface area contributed by atoms with Crippen molar-refractivity contribution >= 4 is 64.6 Å². The summed E-state index contributed by atoms with van der Waals surface area (Å²) >= 11 is 0. The fourth-order valence-electron chi connectivity index (χ4n) is 7.96. The Balaban J connectivity index is 1.30. The zero-order chi connectivity index (χ0) is 30.2. The van der Waals surface area contributed by atoms with E-state index in [1.165, 1.54) is 98.0 Å². The first-order valence-electron chi connectivity index (χ1n) is 16.0. The molecule has 10 aromatic rings. The summed E-state index contributed by atoms with van der Waals surface area (Å²) in [4.78, 5) is 0. The van der Waals surface area contributed by atoms with Crippen molar-refractivity contribution in [3.8, 4) is 33.4 Å². The molecule has 0 aliphatic rings. The molecule has 212 valence electrons. The second-order valence-electron chi connectivity index (χ2n) is 12.4. The zero-order valence-corrected chi connectivity index (χ0v) is 25.2. The largest absolute Gasteiger partial charge is 0.0622 e. The molecule has 0 saturated heterocycles. The Kier molecular flexibility index (Phi) is 5.38. The predicted molar refractivity (Wildman–Crippen MR) is 199 cm³/mol. The molecule has 10 aromatic carbocycles. The lowest BCUT2D eigenvalue weighted by Crippen LogP contribution is -1.93. The van der Waals surface area contributed by atoms with Gasteiger partial charge in [0.1, 0.15) is 0 Å². The summed E-state index contributed by atoms with van der Waals surface area (Å²) in [6, 6.07) is 62.7. The number of rotatable bonds is 3. The van der Waals surface area contributed by atoms with Crippen LogP contribution in [0.25, 0.3) is 98.0 Å². The summed E-state index contributed by atoms with van der Waals surface area (Å²) in [5, 5.41) is 15.7. The van der Waals surface area contributed by atoms with E-state index in [2.05, 4.69) is 170 Å². The van der Waals surface area contributed by atoms with Crippen LogP contribution >= 0.6 is 0 Å². The quantitative estimate of drug-likeness (QED) is 0.144. The molecule has 0 amide bonds. The van der Waals surface area contributed by atoms with Crippen molar-refractivity contribution in [3.63, 3.8) is 0 Å². The van der Waals surface area contributed by atoms with Crippen LogP contribution in [0.1, 0.15) is 0 Å². The molecule has 0 bridgehead atoms. The maximum atomic E-state index is 2.38. The fourth-order valence-corrected chi connectivity index (χ4v) is 7.96. The van der Waals surface area contributed by atoms with Gasteiger partial charge in [-0.1, -0.05) is 158 Å². The van der Waals surface area contributed by atoms with Crippen LogP contribution in [0.15, 0.2) is 170 Å². The normalized spacial score (nSPS) is 11.9. The summed E-state index contributed by atoms with van der Waals surface area (Å²) in [6.07, 6.45) is 0. The maximum absolute atomic E-state index is 2.38. The second kappa shape index (κ2) is 9.76. The minimum atomic E-state index is 1.24. The second-order valence-corrected chi connectivity index (χ2v) is 12.4. The number of hydrogen-bond donors (Lipinski definition) is 0. The standard InChI is InChI=1S/C46H28/c1-3-11-29(12-4-1)31-21-22-33-28-34(24-23-32(33)27-31)43-37-15-7-8-16-39(37)46-42-26-25-35(30-13-5-2-6-14-30)36-17-9-18-38(44(36)42)40-19-10-20-41(43)45(40)46/h1-28H. The van der Waals surface area contributed by atoms with Gasteiger partial charge >= 0.3 is 0 Å². The Bertz CT molecular complexity index is 2770. The molecule has 0 fully saturated rings. The highest BCUT2D eigenvalue weighted by molar-refractivity contribution is 6.41. The van der Waals surface area contributed by atoms with Crippen molar-refractivity contribution in [1.29, 1.82) is 0 Å². The molecule has 0 saturated carbocycles. The number of fused-ring (bicyclic) bond motifs is 5. The molecule has 0 heterocycles. The van der Waals surface area contributed by atoms with Crippen LogP contribution in [-0.4, -0.2) is 0 Å². The van der Waals surface area contributed by atoms with Crippen LogP contribution in [-0.2, 0) is 0 Å². The minimum absolute atomic E-state index is 1.24. The van der Waals surface area contributed by atoms with E-state index in [-0.39, 0.29) is 0 Å². The van der Waals surface area contributed by atoms with Crippen molar-refractivity contribution in [2.75, 3.05) is 0 Å². The molecule has 10 rings (SSSR count). The van der Waals surface area contributed by atoms with E-state index in [1.54, 1.807) is 0 Å². The van der Waals surface area contributed by atoms with Crippen molar-refractivity contribution < 1.29 is 0 Å². The van der Waals surface area contributed by atoms with Gasteiger partial charge in [-0.2, -0.15) is 0 Å². The van der Waals surface area contributed by atoms with Gasteiger partial charge in [0.15, 0.2) is 0 Å². The Morgan fingerprint density at radius 2 is 0.761 bits per heavy atom. The lowest BCUT2D eigenvalue weighted by Gasteiger charge is -2.21. The third-order valence-electron chi connectivity index (χ3n) is 9.97. The summed E-state index contributed by atoms with van der Waals surface area (Å²) in [6.45, 7) is 0. The van der Waals surface area contributed by atoms with Gasteiger partial charge in [-0.15, -0.1) is 0 Å². The zero-order valence-electron chi connectivity index (χ0n) is 25.2. The van der Waals surface area contributed by atoms with Gasteiger partial charge in [0.2, 0.25) is 0 Å². The molecular weight excluding hydrogens is 553 g/mol. The van der Waals surface area contributed by atoms with Gasteiger partial charge < -0.3 is 0 Å². The van der Waals surface area contributed by atoms with Gasteiger partial charge in [0, 0.05) is 0 Å². The summed E-state index contributed by atoms with van der Waals surface area (Å²) in [5.74, 6) is 0. The number of hydrogen-bond acceptors (Lipinski definition) is 0. The monoisotopic (exact) mass is 580 g/mol. The highest BCUT2D eigenvalue weighted by atomic mass is 14.2. The van der Waals surface area contributed by atoms with E-state index >= 15 is 0 Å². The number of benzene rings is 10. The smallest absolute Gasteiger partial charge is 0.00137 e. The van der Waals surface area contributed by atoms with Gasteiger partial charge in [-0.25, -0.2) is 0 Å². The van der Waals surface area contributed by atoms with Gasteiger partial charge in [-0.05, 0) is 110 Å². The van der Waals surface area contributed by atoms with Crippen molar-refractivity contribution in [3.05, 3.63) is 170 Å². The summed E-state index contributed by atoms with van der Waals surface area (Å²) in [5.41, 5.74) is 7.59.